The highest BCUT2D eigenvalue weighted by Gasteiger charge is 2.40. The summed E-state index contributed by atoms with van der Waals surface area (Å²) < 4.78 is 6.09. The zero-order chi connectivity index (χ0) is 18.3. The minimum atomic E-state index is -0.373. The highest BCUT2D eigenvalue weighted by molar-refractivity contribution is 9.10. The zero-order valence-electron chi connectivity index (χ0n) is 14.0. The fourth-order valence-corrected chi connectivity index (χ4v) is 4.17. The quantitative estimate of drug-likeness (QED) is 0.784. The lowest BCUT2D eigenvalue weighted by Gasteiger charge is -2.39. The Bertz CT molecular complexity index is 928. The minimum Gasteiger partial charge on any atom is -0.496 e. The predicted octanol–water partition coefficient (Wildman–Crippen LogP) is 3.30. The molecular weight excluding hydrogens is 398 g/mol. The van der Waals surface area contributed by atoms with Crippen molar-refractivity contribution < 1.29 is 14.3 Å². The van der Waals surface area contributed by atoms with Gasteiger partial charge in [-0.2, -0.15) is 4.99 Å². The van der Waals surface area contributed by atoms with Crippen LogP contribution in [-0.2, 0) is 4.79 Å². The molecule has 0 spiro atoms. The van der Waals surface area contributed by atoms with Crippen molar-refractivity contribution in [3.8, 4) is 5.75 Å². The molecule has 0 bridgehead atoms. The van der Waals surface area contributed by atoms with E-state index in [4.69, 9.17) is 4.74 Å². The van der Waals surface area contributed by atoms with Gasteiger partial charge in [0, 0.05) is 18.0 Å². The molecule has 0 saturated heterocycles. The fraction of sp³-hybridized carbons (Fsp3) is 0.211. The highest BCUT2D eigenvalue weighted by Crippen LogP contribution is 2.39. The Morgan fingerprint density at radius 3 is 2.85 bits per heavy atom. The number of carbonyl (C=O) groups excluding carboxylic acids is 2. The molecule has 2 heterocycles. The lowest BCUT2D eigenvalue weighted by Crippen LogP contribution is -2.49. The molecule has 132 valence electrons. The van der Waals surface area contributed by atoms with Crippen molar-refractivity contribution in [3.63, 3.8) is 0 Å². The van der Waals surface area contributed by atoms with Crippen LogP contribution in [0.3, 0.4) is 0 Å². The largest absolute Gasteiger partial charge is 0.496 e. The van der Waals surface area contributed by atoms with Crippen LogP contribution >= 0.6 is 15.9 Å². The fourth-order valence-electron chi connectivity index (χ4n) is 3.61. The molecule has 1 N–H and O–H groups in total. The van der Waals surface area contributed by atoms with Gasteiger partial charge >= 0.3 is 6.03 Å². The van der Waals surface area contributed by atoms with Crippen LogP contribution in [0.25, 0.3) is 0 Å². The molecule has 2 aromatic carbocycles. The summed E-state index contributed by atoms with van der Waals surface area (Å²) in [5.41, 5.74) is 3.25. The van der Waals surface area contributed by atoms with Gasteiger partial charge in [0.1, 0.15) is 5.75 Å². The first-order valence-corrected chi connectivity index (χ1v) is 8.95. The van der Waals surface area contributed by atoms with E-state index in [2.05, 4.69) is 26.2 Å². The Labute approximate surface area is 159 Å². The molecule has 2 aliphatic rings. The normalized spacial score (nSPS) is 21.2. The number of para-hydroxylation sites is 1. The van der Waals surface area contributed by atoms with Crippen LogP contribution < -0.4 is 15.0 Å². The van der Waals surface area contributed by atoms with Gasteiger partial charge in [0.2, 0.25) is 6.41 Å². The van der Waals surface area contributed by atoms with Crippen molar-refractivity contribution in [2.24, 2.45) is 10.9 Å². The Hall–Kier alpha value is -2.67. The number of nitrogens with zero attached hydrogens (tertiary/aromatic N) is 2. The molecule has 2 aromatic rings. The van der Waals surface area contributed by atoms with Gasteiger partial charge in [-0.25, -0.2) is 4.79 Å². The lowest BCUT2D eigenvalue weighted by atomic mass is 9.81. The minimum absolute atomic E-state index is 0.131. The van der Waals surface area contributed by atoms with Crippen LogP contribution in [0.1, 0.15) is 17.2 Å². The van der Waals surface area contributed by atoms with Crippen LogP contribution in [0.2, 0.25) is 0 Å². The average molecular weight is 414 g/mol. The number of rotatable bonds is 3. The number of anilines is 1. The summed E-state index contributed by atoms with van der Waals surface area (Å²) in [6, 6.07) is 12.6. The van der Waals surface area contributed by atoms with E-state index in [0.717, 1.165) is 33.4 Å². The second kappa shape index (κ2) is 6.57. The molecule has 0 aliphatic carbocycles. The number of carbonyl (C=O) groups is 2. The summed E-state index contributed by atoms with van der Waals surface area (Å²) in [5.74, 6) is 0.585. The molecule has 4 rings (SSSR count). The number of methoxy groups -OCH3 is 1. The molecule has 0 saturated carbocycles. The number of fused-ring (bicyclic) bond motifs is 3. The summed E-state index contributed by atoms with van der Waals surface area (Å²) in [6.07, 6.45) is 0.826. The topological polar surface area (TPSA) is 71.0 Å². The maximum atomic E-state index is 12.3. The van der Waals surface area contributed by atoms with Crippen molar-refractivity contribution in [3.05, 3.63) is 58.1 Å². The molecule has 0 fully saturated rings. The molecule has 3 amide bonds. The predicted molar refractivity (Wildman–Crippen MR) is 102 cm³/mol. The Morgan fingerprint density at radius 1 is 1.31 bits per heavy atom. The number of hydrogen-bond acceptors (Lipinski definition) is 3. The Kier molecular flexibility index (Phi) is 4.24. The smallest absolute Gasteiger partial charge is 0.341 e. The summed E-state index contributed by atoms with van der Waals surface area (Å²) >= 11 is 3.49. The van der Waals surface area contributed by atoms with Crippen molar-refractivity contribution in [2.45, 2.75) is 6.04 Å². The number of benzene rings is 2. The van der Waals surface area contributed by atoms with Gasteiger partial charge in [-0.3, -0.25) is 4.79 Å². The van der Waals surface area contributed by atoms with E-state index in [-0.39, 0.29) is 18.0 Å². The second-order valence-electron chi connectivity index (χ2n) is 6.20. The van der Waals surface area contributed by atoms with Gasteiger partial charge in [-0.1, -0.05) is 24.3 Å². The third kappa shape index (κ3) is 2.68. The van der Waals surface area contributed by atoms with Crippen LogP contribution in [0.5, 0.6) is 5.75 Å². The number of urea groups is 1. The van der Waals surface area contributed by atoms with E-state index >= 15 is 0 Å². The van der Waals surface area contributed by atoms with Gasteiger partial charge in [0.25, 0.3) is 0 Å². The summed E-state index contributed by atoms with van der Waals surface area (Å²) in [7, 11) is 1.60. The second-order valence-corrected chi connectivity index (χ2v) is 7.05. The van der Waals surface area contributed by atoms with E-state index in [0.29, 0.717) is 12.3 Å². The van der Waals surface area contributed by atoms with Gasteiger partial charge in [0.05, 0.1) is 29.0 Å². The molecule has 2 atom stereocenters. The first-order valence-electron chi connectivity index (χ1n) is 8.16. The van der Waals surface area contributed by atoms with Gasteiger partial charge < -0.3 is 15.0 Å². The van der Waals surface area contributed by atoms with Crippen LogP contribution in [0, 0.1) is 5.92 Å². The molecule has 7 heteroatoms. The number of amides is 3. The van der Waals surface area contributed by atoms with Crippen LogP contribution in [0.15, 0.2) is 51.9 Å². The number of ether oxygens (including phenoxy) is 1. The summed E-state index contributed by atoms with van der Waals surface area (Å²) in [5, 5.41) is 2.94. The standard InChI is InChI=1S/C19H16BrN3O3/c1-26-16-7-6-11(8-14(16)20)17-13-9-23(10-24)15-5-3-2-4-12(15)18(13)22-19(25)21-17/h2-8,10,13,17H,9H2,1H3,(H,21,25). The lowest BCUT2D eigenvalue weighted by molar-refractivity contribution is -0.107. The molecule has 26 heavy (non-hydrogen) atoms. The third-order valence-electron chi connectivity index (χ3n) is 4.80. The third-order valence-corrected chi connectivity index (χ3v) is 5.42. The van der Waals surface area contributed by atoms with Crippen LogP contribution in [0.4, 0.5) is 10.5 Å². The van der Waals surface area contributed by atoms with Gasteiger partial charge in [-0.15, -0.1) is 0 Å². The van der Waals surface area contributed by atoms with E-state index in [1.54, 1.807) is 12.0 Å². The van der Waals surface area contributed by atoms with Gasteiger partial charge in [0.15, 0.2) is 0 Å². The van der Waals surface area contributed by atoms with Crippen LogP contribution in [-0.4, -0.2) is 31.8 Å². The van der Waals surface area contributed by atoms with Crippen molar-refractivity contribution in [1.82, 2.24) is 5.32 Å². The summed E-state index contributed by atoms with van der Waals surface area (Å²) in [4.78, 5) is 29.8. The van der Waals surface area contributed by atoms with E-state index < -0.39 is 0 Å². The SMILES string of the molecule is COc1ccc(C2NC(=O)N=C3c4ccccc4N(C=O)CC32)cc1Br. The maximum absolute atomic E-state index is 12.3. The summed E-state index contributed by atoms with van der Waals surface area (Å²) in [6.45, 7) is 0.452. The monoisotopic (exact) mass is 413 g/mol. The highest BCUT2D eigenvalue weighted by atomic mass is 79.9. The Balaban J connectivity index is 1.81. The number of halogens is 1. The number of aliphatic imine (C=N–C) groups is 1. The maximum Gasteiger partial charge on any atom is 0.341 e. The Morgan fingerprint density at radius 2 is 2.12 bits per heavy atom. The molecule has 0 aromatic heterocycles. The number of nitrogens with one attached hydrogen (secondary N) is 1. The molecule has 2 unspecified atom stereocenters. The zero-order valence-corrected chi connectivity index (χ0v) is 15.6. The molecule has 2 aliphatic heterocycles. The van der Waals surface area contributed by atoms with E-state index in [1.165, 1.54) is 0 Å². The van der Waals surface area contributed by atoms with Crippen molar-refractivity contribution >= 4 is 39.8 Å². The van der Waals surface area contributed by atoms with Crippen molar-refractivity contribution in [1.29, 1.82) is 0 Å². The molecular formula is C19H16BrN3O3. The number of hydrogen-bond donors (Lipinski definition) is 1. The van der Waals surface area contributed by atoms with E-state index in [9.17, 15) is 9.59 Å². The van der Waals surface area contributed by atoms with Gasteiger partial charge in [-0.05, 0) is 39.7 Å². The molecule has 0 radical (unpaired) electrons. The van der Waals surface area contributed by atoms with E-state index in [1.807, 2.05) is 42.5 Å². The average Bonchev–Trinajstić information content (AvgIpc) is 2.67. The first-order chi connectivity index (χ1) is 12.6. The first kappa shape index (κ1) is 16.8. The van der Waals surface area contributed by atoms with Crippen molar-refractivity contribution in [2.75, 3.05) is 18.6 Å². The molecule has 6 nitrogen and oxygen atoms in total.